The van der Waals surface area contributed by atoms with Crippen LogP contribution in [-0.2, 0) is 5.41 Å². The number of nitrogens with zero attached hydrogens (tertiary/aromatic N) is 2. The Labute approximate surface area is 335 Å². The summed E-state index contributed by atoms with van der Waals surface area (Å²) in [6, 6.07) is 27.2. The fourth-order valence-electron chi connectivity index (χ4n) is 13.0. The van der Waals surface area contributed by atoms with E-state index in [-0.39, 0.29) is 10.8 Å². The second kappa shape index (κ2) is 13.0. The molecule has 0 saturated heterocycles. The number of rotatable bonds is 5. The average molecular weight is 735 g/mol. The topological polar surface area (TPSA) is 6.48 Å². The van der Waals surface area contributed by atoms with Gasteiger partial charge in [-0.05, 0) is 145 Å². The van der Waals surface area contributed by atoms with Crippen LogP contribution in [-0.4, -0.2) is 17.0 Å². The van der Waals surface area contributed by atoms with Crippen LogP contribution in [0.15, 0.2) is 150 Å². The summed E-state index contributed by atoms with van der Waals surface area (Å²) in [5, 5.41) is 0. The molecule has 7 unspecified atom stereocenters. The molecule has 0 radical (unpaired) electrons. The maximum atomic E-state index is 2.78. The van der Waals surface area contributed by atoms with Gasteiger partial charge in [0.1, 0.15) is 0 Å². The molecule has 0 N–H and O–H groups in total. The van der Waals surface area contributed by atoms with Gasteiger partial charge in [-0.15, -0.1) is 0 Å². The lowest BCUT2D eigenvalue weighted by molar-refractivity contribution is 0.319. The second-order valence-corrected chi connectivity index (χ2v) is 19.3. The fraction of sp³-hybridized carbons (Fsp3) is 0.407. The van der Waals surface area contributed by atoms with Crippen molar-refractivity contribution in [1.82, 2.24) is 4.90 Å². The molecule has 284 valence electrons. The van der Waals surface area contributed by atoms with Crippen molar-refractivity contribution in [3.05, 3.63) is 167 Å². The van der Waals surface area contributed by atoms with Gasteiger partial charge in [0.25, 0.3) is 0 Å². The van der Waals surface area contributed by atoms with Crippen molar-refractivity contribution in [1.29, 1.82) is 0 Å². The zero-order valence-electron chi connectivity index (χ0n) is 33.9. The van der Waals surface area contributed by atoms with E-state index in [0.717, 1.165) is 0 Å². The number of benzene rings is 3. The van der Waals surface area contributed by atoms with Crippen LogP contribution in [0.2, 0.25) is 0 Å². The first kappa shape index (κ1) is 34.7. The van der Waals surface area contributed by atoms with Crippen LogP contribution in [0.1, 0.15) is 108 Å². The summed E-state index contributed by atoms with van der Waals surface area (Å²) in [6.45, 7) is 9.86. The van der Waals surface area contributed by atoms with Gasteiger partial charge in [-0.1, -0.05) is 136 Å². The van der Waals surface area contributed by atoms with Gasteiger partial charge in [0.2, 0.25) is 0 Å². The van der Waals surface area contributed by atoms with Crippen molar-refractivity contribution < 1.29 is 0 Å². The molecule has 7 aliphatic carbocycles. The number of hydrogen-bond acceptors (Lipinski definition) is 2. The summed E-state index contributed by atoms with van der Waals surface area (Å²) in [7, 11) is 0. The summed E-state index contributed by atoms with van der Waals surface area (Å²) in [6.07, 6.45) is 35.6. The summed E-state index contributed by atoms with van der Waals surface area (Å²) in [5.74, 6) is 2.94. The second-order valence-electron chi connectivity index (χ2n) is 19.3. The molecule has 1 aliphatic heterocycles. The van der Waals surface area contributed by atoms with E-state index in [1.807, 2.05) is 0 Å². The predicted octanol–water partition coefficient (Wildman–Crippen LogP) is 13.6. The van der Waals surface area contributed by atoms with Crippen molar-refractivity contribution >= 4 is 11.4 Å². The molecule has 0 bridgehead atoms. The standard InChI is InChI=1S/C54H58N2/c1-53(2)47-19-11-8-16-41(47)43-29-27-39(33-49(43)53)55(40-28-30-44-42-17-9-12-20-48(42)54(3,4)50(44)34-40)38-25-22-35(23-26-38)36-24-31-52-46(32-36)45-18-10-13-21-51(45)56(52)37-14-6-5-7-15-37/h8-14,16-23,25-27,29,33-34,36,40,42,44-45,48,51H,5-7,15,24,28,30-32H2,1-4H3. The van der Waals surface area contributed by atoms with Crippen LogP contribution >= 0.6 is 0 Å². The number of anilines is 2. The summed E-state index contributed by atoms with van der Waals surface area (Å²) < 4.78 is 0. The number of hydrogen-bond donors (Lipinski definition) is 0. The summed E-state index contributed by atoms with van der Waals surface area (Å²) in [4.78, 5) is 5.50. The molecule has 1 heterocycles. The zero-order valence-corrected chi connectivity index (χ0v) is 33.9. The molecule has 56 heavy (non-hydrogen) atoms. The minimum atomic E-state index is -0.0322. The lowest BCUT2D eigenvalue weighted by Gasteiger charge is -2.39. The Morgan fingerprint density at radius 1 is 0.714 bits per heavy atom. The van der Waals surface area contributed by atoms with Crippen LogP contribution < -0.4 is 4.90 Å². The maximum absolute atomic E-state index is 2.78. The highest BCUT2D eigenvalue weighted by Gasteiger charge is 2.51. The van der Waals surface area contributed by atoms with E-state index in [2.05, 4.69) is 165 Å². The van der Waals surface area contributed by atoms with Gasteiger partial charge in [0, 0.05) is 34.1 Å². The Hall–Kier alpha value is -4.56. The molecule has 11 rings (SSSR count). The first-order valence-electron chi connectivity index (χ1n) is 22.0. The third-order valence-electron chi connectivity index (χ3n) is 15.8. The van der Waals surface area contributed by atoms with Gasteiger partial charge in [-0.3, -0.25) is 0 Å². The normalized spacial score (nSPS) is 31.2. The maximum Gasteiger partial charge on any atom is 0.0619 e. The Kier molecular flexibility index (Phi) is 8.04. The molecule has 1 fully saturated rings. The first-order chi connectivity index (χ1) is 27.3. The van der Waals surface area contributed by atoms with Crippen LogP contribution in [0.25, 0.3) is 11.1 Å². The largest absolute Gasteiger partial charge is 0.341 e. The van der Waals surface area contributed by atoms with Crippen molar-refractivity contribution in [2.75, 3.05) is 4.90 Å². The lowest BCUT2D eigenvalue weighted by Crippen LogP contribution is -2.34. The molecule has 1 saturated carbocycles. The van der Waals surface area contributed by atoms with Gasteiger partial charge < -0.3 is 9.80 Å². The molecule has 2 nitrogen and oxygen atoms in total. The third kappa shape index (κ3) is 5.19. The van der Waals surface area contributed by atoms with Crippen LogP contribution in [0.3, 0.4) is 0 Å². The first-order valence-corrected chi connectivity index (χ1v) is 22.0. The molecular weight excluding hydrogens is 677 g/mol. The van der Waals surface area contributed by atoms with Gasteiger partial charge in [-0.25, -0.2) is 0 Å². The number of fused-ring (bicyclic) bond motifs is 8. The molecule has 0 amide bonds. The monoisotopic (exact) mass is 734 g/mol. The van der Waals surface area contributed by atoms with Crippen LogP contribution in [0.5, 0.6) is 0 Å². The van der Waals surface area contributed by atoms with Crippen molar-refractivity contribution in [3.8, 4) is 11.1 Å². The molecule has 3 aromatic carbocycles. The van der Waals surface area contributed by atoms with Gasteiger partial charge in [-0.2, -0.15) is 0 Å². The predicted molar refractivity (Wildman–Crippen MR) is 234 cm³/mol. The van der Waals surface area contributed by atoms with E-state index in [4.69, 9.17) is 0 Å². The highest BCUT2D eigenvalue weighted by molar-refractivity contribution is 5.83. The molecule has 0 spiro atoms. The van der Waals surface area contributed by atoms with Gasteiger partial charge in [0.15, 0.2) is 0 Å². The van der Waals surface area contributed by atoms with Crippen molar-refractivity contribution in [3.63, 3.8) is 0 Å². The smallest absolute Gasteiger partial charge is 0.0619 e. The minimum absolute atomic E-state index is 0.0322. The highest BCUT2D eigenvalue weighted by Crippen LogP contribution is 2.60. The average Bonchev–Trinajstić information content (AvgIpc) is 3.78. The van der Waals surface area contributed by atoms with E-state index in [1.54, 1.807) is 22.5 Å². The number of allylic oxidation sites excluding steroid dienone is 10. The lowest BCUT2D eigenvalue weighted by atomic mass is 9.74. The zero-order chi connectivity index (χ0) is 37.8. The van der Waals surface area contributed by atoms with E-state index in [1.165, 1.54) is 97.0 Å². The van der Waals surface area contributed by atoms with Gasteiger partial charge >= 0.3 is 0 Å². The summed E-state index contributed by atoms with van der Waals surface area (Å²) >= 11 is 0. The highest BCUT2D eigenvalue weighted by atomic mass is 15.2. The quantitative estimate of drug-likeness (QED) is 0.241. The molecular formula is C54H58N2. The van der Waals surface area contributed by atoms with E-state index >= 15 is 0 Å². The molecule has 7 atom stereocenters. The third-order valence-corrected chi connectivity index (χ3v) is 15.8. The molecule has 2 heteroatoms. The Morgan fingerprint density at radius 2 is 1.50 bits per heavy atom. The van der Waals surface area contributed by atoms with E-state index in [9.17, 15) is 0 Å². The summed E-state index contributed by atoms with van der Waals surface area (Å²) in [5.41, 5.74) is 16.6. The van der Waals surface area contributed by atoms with Crippen LogP contribution in [0.4, 0.5) is 11.4 Å². The minimum Gasteiger partial charge on any atom is -0.341 e. The Bertz CT molecular complexity index is 2300. The van der Waals surface area contributed by atoms with E-state index < -0.39 is 0 Å². The van der Waals surface area contributed by atoms with Crippen molar-refractivity contribution in [2.24, 2.45) is 29.1 Å². The van der Waals surface area contributed by atoms with E-state index in [0.29, 0.717) is 41.7 Å². The molecule has 3 aromatic rings. The molecule has 0 aromatic heterocycles. The Balaban J connectivity index is 0.949. The van der Waals surface area contributed by atoms with Gasteiger partial charge in [0.05, 0.1) is 12.1 Å². The van der Waals surface area contributed by atoms with Crippen molar-refractivity contribution in [2.45, 2.75) is 109 Å². The fourth-order valence-corrected chi connectivity index (χ4v) is 13.0. The SMILES string of the molecule is CC1(C)c2ccccc2-c2ccc(N(c3ccc(C4CCC5=C(C4)C4C=CC=CC4N5C4=CCCCC4)cc3)C3C=C4C(CC3)C3C=CC=CC3C4(C)C)cc21. The van der Waals surface area contributed by atoms with Crippen LogP contribution in [0, 0.1) is 29.1 Å². The Morgan fingerprint density at radius 3 is 2.36 bits per heavy atom. The molecule has 8 aliphatic rings.